The fourth-order valence-corrected chi connectivity index (χ4v) is 3.68. The van der Waals surface area contributed by atoms with Gasteiger partial charge in [0.2, 0.25) is 0 Å². The average molecular weight is 317 g/mol. The third-order valence-corrected chi connectivity index (χ3v) is 4.95. The van der Waals surface area contributed by atoms with Crippen LogP contribution in [0, 0.1) is 5.92 Å². The molecule has 0 radical (unpaired) electrons. The number of rotatable bonds is 3. The first-order valence-electron chi connectivity index (χ1n) is 7.58. The minimum Gasteiger partial charge on any atom is -0.451 e. The zero-order chi connectivity index (χ0) is 15.1. The minimum atomic E-state index is -0.142. The van der Waals surface area contributed by atoms with E-state index in [1.54, 1.807) is 12.1 Å². The minimum absolute atomic E-state index is 0.142. The molecule has 1 aromatic carbocycles. The van der Waals surface area contributed by atoms with Gasteiger partial charge in [-0.1, -0.05) is 23.7 Å². The highest BCUT2D eigenvalue weighted by atomic mass is 35.5. The summed E-state index contributed by atoms with van der Waals surface area (Å²) in [5.41, 5.74) is 0.800. The van der Waals surface area contributed by atoms with E-state index < -0.39 is 0 Å². The number of benzene rings is 1. The van der Waals surface area contributed by atoms with Crippen LogP contribution >= 0.6 is 11.6 Å². The highest BCUT2D eigenvalue weighted by molar-refractivity contribution is 6.33. The second-order valence-corrected chi connectivity index (χ2v) is 6.44. The highest BCUT2D eigenvalue weighted by Crippen LogP contribution is 2.30. The summed E-state index contributed by atoms with van der Waals surface area (Å²) in [5, 5.41) is 3.71. The van der Waals surface area contributed by atoms with Crippen molar-refractivity contribution >= 4 is 17.5 Å². The maximum Gasteiger partial charge on any atom is 0.287 e. The summed E-state index contributed by atoms with van der Waals surface area (Å²) in [6.45, 7) is 3.22. The Morgan fingerprint density at radius 2 is 2.09 bits per heavy atom. The molecule has 0 aliphatic carbocycles. The molecule has 1 aromatic heterocycles. The van der Waals surface area contributed by atoms with E-state index in [9.17, 15) is 4.79 Å². The number of amides is 1. The van der Waals surface area contributed by atoms with Crippen LogP contribution in [0.4, 0.5) is 0 Å². The first kappa shape index (κ1) is 13.9. The van der Waals surface area contributed by atoms with Gasteiger partial charge in [0, 0.05) is 24.7 Å². The second kappa shape index (κ2) is 5.45. The van der Waals surface area contributed by atoms with Gasteiger partial charge in [0.15, 0.2) is 5.76 Å². The summed E-state index contributed by atoms with van der Waals surface area (Å²) in [7, 11) is 0. The predicted octanol–water partition coefficient (Wildman–Crippen LogP) is 3.03. The Hall–Kier alpha value is -1.78. The van der Waals surface area contributed by atoms with E-state index in [0.29, 0.717) is 22.5 Å². The monoisotopic (exact) mass is 316 g/mol. The maximum atomic E-state index is 12.4. The molecule has 3 heterocycles. The molecule has 0 spiro atoms. The van der Waals surface area contributed by atoms with Gasteiger partial charge in [-0.25, -0.2) is 0 Å². The summed E-state index contributed by atoms with van der Waals surface area (Å²) in [6.07, 6.45) is 1.17. The Balaban J connectivity index is 1.49. The summed E-state index contributed by atoms with van der Waals surface area (Å²) >= 11 is 6.16. The summed E-state index contributed by atoms with van der Waals surface area (Å²) < 4.78 is 5.69. The van der Waals surface area contributed by atoms with Crippen LogP contribution in [0.1, 0.15) is 17.0 Å². The number of piperidine rings is 1. The SMILES string of the molecule is O=C(NC1CN2CC[C@H]1C2)c1ccc(-c2ccccc2Cl)o1. The first-order valence-corrected chi connectivity index (χ1v) is 7.96. The van der Waals surface area contributed by atoms with Gasteiger partial charge in [0.05, 0.1) is 5.02 Å². The van der Waals surface area contributed by atoms with Crippen LogP contribution in [0.5, 0.6) is 0 Å². The molecule has 2 aromatic rings. The van der Waals surface area contributed by atoms with Gasteiger partial charge in [-0.05, 0) is 43.1 Å². The van der Waals surface area contributed by atoms with Crippen molar-refractivity contribution < 1.29 is 9.21 Å². The number of carbonyl (C=O) groups is 1. The lowest BCUT2D eigenvalue weighted by molar-refractivity contribution is 0.0897. The number of carbonyl (C=O) groups excluding carboxylic acids is 1. The highest BCUT2D eigenvalue weighted by Gasteiger charge is 2.38. The number of nitrogens with one attached hydrogen (secondary N) is 1. The predicted molar refractivity (Wildman–Crippen MR) is 85.0 cm³/mol. The first-order chi connectivity index (χ1) is 10.7. The molecule has 22 heavy (non-hydrogen) atoms. The number of hydrogen-bond acceptors (Lipinski definition) is 3. The van der Waals surface area contributed by atoms with E-state index in [1.165, 1.54) is 6.42 Å². The van der Waals surface area contributed by atoms with E-state index in [2.05, 4.69) is 10.2 Å². The molecule has 5 heteroatoms. The molecule has 2 bridgehead atoms. The van der Waals surface area contributed by atoms with Gasteiger partial charge < -0.3 is 14.6 Å². The lowest BCUT2D eigenvalue weighted by Crippen LogP contribution is -2.43. The summed E-state index contributed by atoms with van der Waals surface area (Å²) in [4.78, 5) is 14.7. The standard InChI is InChI=1S/C17H17ClN2O2/c18-13-4-2-1-3-12(13)15-5-6-16(22-15)17(21)19-14-10-20-8-7-11(14)9-20/h1-6,11,14H,7-10H2,(H,19,21)/t11-,14?/m0/s1. The molecular weight excluding hydrogens is 300 g/mol. The Morgan fingerprint density at radius 3 is 2.82 bits per heavy atom. The van der Waals surface area contributed by atoms with Crippen molar-refractivity contribution in [1.29, 1.82) is 0 Å². The molecule has 2 aliphatic rings. The largest absolute Gasteiger partial charge is 0.451 e. The van der Waals surface area contributed by atoms with Crippen LogP contribution in [0.3, 0.4) is 0 Å². The maximum absolute atomic E-state index is 12.4. The smallest absolute Gasteiger partial charge is 0.287 e. The lowest BCUT2D eigenvalue weighted by atomic mass is 10.00. The third kappa shape index (κ3) is 2.42. The van der Waals surface area contributed by atoms with Crippen LogP contribution < -0.4 is 5.32 Å². The molecule has 2 saturated heterocycles. The number of hydrogen-bond donors (Lipinski definition) is 1. The number of nitrogens with zero attached hydrogens (tertiary/aromatic N) is 1. The van der Waals surface area contributed by atoms with Crippen LogP contribution in [-0.4, -0.2) is 36.5 Å². The summed E-state index contributed by atoms with van der Waals surface area (Å²) in [6, 6.07) is 11.2. The Bertz CT molecular complexity index is 712. The molecule has 3 atom stereocenters. The molecule has 4 nitrogen and oxygen atoms in total. The number of fused-ring (bicyclic) bond motifs is 2. The van der Waals surface area contributed by atoms with Gasteiger partial charge in [-0.15, -0.1) is 0 Å². The third-order valence-electron chi connectivity index (χ3n) is 4.62. The topological polar surface area (TPSA) is 45.5 Å². The van der Waals surface area contributed by atoms with Crippen molar-refractivity contribution in [2.75, 3.05) is 19.6 Å². The van der Waals surface area contributed by atoms with E-state index in [4.69, 9.17) is 16.0 Å². The fraction of sp³-hybridized carbons (Fsp3) is 0.353. The van der Waals surface area contributed by atoms with Crippen molar-refractivity contribution in [3.05, 3.63) is 47.2 Å². The van der Waals surface area contributed by atoms with E-state index >= 15 is 0 Å². The molecule has 2 aliphatic heterocycles. The Morgan fingerprint density at radius 1 is 1.23 bits per heavy atom. The molecule has 114 valence electrons. The lowest BCUT2D eigenvalue weighted by Gasteiger charge is -2.22. The number of furan rings is 1. The zero-order valence-corrected chi connectivity index (χ0v) is 12.8. The van der Waals surface area contributed by atoms with E-state index in [0.717, 1.165) is 25.2 Å². The van der Waals surface area contributed by atoms with Crippen molar-refractivity contribution in [2.45, 2.75) is 12.5 Å². The van der Waals surface area contributed by atoms with Crippen LogP contribution in [-0.2, 0) is 0 Å². The van der Waals surface area contributed by atoms with E-state index in [-0.39, 0.29) is 11.9 Å². The Kier molecular flexibility index (Phi) is 3.43. The average Bonchev–Trinajstić information content (AvgIpc) is 3.24. The molecular formula is C17H17ClN2O2. The van der Waals surface area contributed by atoms with E-state index in [1.807, 2.05) is 24.3 Å². The molecule has 1 N–H and O–H groups in total. The van der Waals surface area contributed by atoms with Crippen molar-refractivity contribution in [2.24, 2.45) is 5.92 Å². The van der Waals surface area contributed by atoms with Crippen LogP contribution in [0.25, 0.3) is 11.3 Å². The fourth-order valence-electron chi connectivity index (χ4n) is 3.45. The Labute approximate surface area is 134 Å². The zero-order valence-electron chi connectivity index (χ0n) is 12.1. The second-order valence-electron chi connectivity index (χ2n) is 6.03. The number of halogens is 1. The van der Waals surface area contributed by atoms with Gasteiger partial charge in [-0.3, -0.25) is 4.79 Å². The van der Waals surface area contributed by atoms with Crippen molar-refractivity contribution in [1.82, 2.24) is 10.2 Å². The van der Waals surface area contributed by atoms with Gasteiger partial charge >= 0.3 is 0 Å². The van der Waals surface area contributed by atoms with Gasteiger partial charge in [-0.2, -0.15) is 0 Å². The molecule has 2 unspecified atom stereocenters. The van der Waals surface area contributed by atoms with Gasteiger partial charge in [0.25, 0.3) is 5.91 Å². The molecule has 2 fully saturated rings. The van der Waals surface area contributed by atoms with Crippen molar-refractivity contribution in [3.63, 3.8) is 0 Å². The molecule has 1 amide bonds. The van der Waals surface area contributed by atoms with Crippen molar-refractivity contribution in [3.8, 4) is 11.3 Å². The molecule has 4 rings (SSSR count). The summed E-state index contributed by atoms with van der Waals surface area (Å²) in [5.74, 6) is 1.40. The van der Waals surface area contributed by atoms with Crippen LogP contribution in [0.15, 0.2) is 40.8 Å². The quantitative estimate of drug-likeness (QED) is 0.946. The molecule has 0 saturated carbocycles. The normalized spacial score (nSPS) is 26.3. The van der Waals surface area contributed by atoms with Crippen LogP contribution in [0.2, 0.25) is 5.02 Å². The van der Waals surface area contributed by atoms with Gasteiger partial charge in [0.1, 0.15) is 5.76 Å².